The number of amides is 3. The first-order valence-electron chi connectivity index (χ1n) is 11.6. The summed E-state index contributed by atoms with van der Waals surface area (Å²) in [6.07, 6.45) is -4.45. The van der Waals surface area contributed by atoms with Gasteiger partial charge in [-0.25, -0.2) is 13.8 Å². The molecule has 4 fully saturated rings. The number of ketones is 1. The minimum atomic E-state index is -4.42. The summed E-state index contributed by atoms with van der Waals surface area (Å²) in [5.41, 5.74) is -3.44. The maximum absolute atomic E-state index is 13.5. The molecule has 0 aromatic carbocycles. The van der Waals surface area contributed by atoms with E-state index in [1.807, 2.05) is 0 Å². The van der Waals surface area contributed by atoms with E-state index in [9.17, 15) is 41.1 Å². The lowest BCUT2D eigenvalue weighted by molar-refractivity contribution is -0.349. The first kappa shape index (κ1) is 27.2. The van der Waals surface area contributed by atoms with Crippen molar-refractivity contribution in [2.45, 2.75) is 76.1 Å². The predicted molar refractivity (Wildman–Crippen MR) is 120 cm³/mol. The second kappa shape index (κ2) is 9.17. The number of pyridine rings is 1. The molecule has 0 aliphatic heterocycles. The molecule has 2 bridgehead atoms. The Morgan fingerprint density at radius 2 is 1.76 bits per heavy atom. The number of Topliss-reactive ketones (excluding diaryl/α,β-unsaturated/α-hetero) is 1. The number of rotatable bonds is 10. The van der Waals surface area contributed by atoms with Crippen LogP contribution in [0.15, 0.2) is 12.3 Å². The van der Waals surface area contributed by atoms with E-state index in [0.717, 1.165) is 12.3 Å². The first-order chi connectivity index (χ1) is 17.0. The number of aromatic nitrogens is 1. The highest BCUT2D eigenvalue weighted by molar-refractivity contribution is 6.38. The van der Waals surface area contributed by atoms with E-state index in [1.165, 1.54) is 0 Å². The van der Waals surface area contributed by atoms with Gasteiger partial charge in [-0.1, -0.05) is 11.6 Å². The first-order valence-corrected chi connectivity index (χ1v) is 12.0. The van der Waals surface area contributed by atoms with Gasteiger partial charge in [-0.2, -0.15) is 13.2 Å². The molecule has 8 nitrogen and oxygen atoms in total. The molecule has 37 heavy (non-hydrogen) atoms. The third kappa shape index (κ3) is 5.55. The van der Waals surface area contributed by atoms with Crippen molar-refractivity contribution < 1.29 is 41.1 Å². The van der Waals surface area contributed by atoms with Crippen LogP contribution in [0.1, 0.15) is 62.2 Å². The van der Waals surface area contributed by atoms with Gasteiger partial charge in [-0.05, 0) is 51.5 Å². The van der Waals surface area contributed by atoms with Crippen molar-refractivity contribution in [1.29, 1.82) is 0 Å². The molecule has 3 amide bonds. The molecule has 14 heteroatoms. The summed E-state index contributed by atoms with van der Waals surface area (Å²) in [6, 6.07) is -0.699. The Morgan fingerprint density at radius 3 is 2.30 bits per heavy atom. The Morgan fingerprint density at radius 1 is 1.14 bits per heavy atom. The number of hydrogen-bond donors (Lipinski definition) is 3. The molecule has 0 unspecified atom stereocenters. The molecule has 3 N–H and O–H groups in total. The van der Waals surface area contributed by atoms with Gasteiger partial charge in [0.25, 0.3) is 11.8 Å². The van der Waals surface area contributed by atoms with E-state index in [1.54, 1.807) is 0 Å². The molecule has 0 spiro atoms. The van der Waals surface area contributed by atoms with Crippen molar-refractivity contribution in [2.24, 2.45) is 10.8 Å². The maximum Gasteiger partial charge on any atom is 0.394 e. The molecule has 202 valence electrons. The Bertz CT molecular complexity index is 1130. The normalized spacial score (nSPS) is 25.3. The molecule has 4 saturated carbocycles. The number of anilines is 1. The largest absolute Gasteiger partial charge is 0.394 e. The monoisotopic (exact) mass is 550 g/mol. The summed E-state index contributed by atoms with van der Waals surface area (Å²) in [6.45, 7) is 0.628. The van der Waals surface area contributed by atoms with Gasteiger partial charge in [0.2, 0.25) is 17.6 Å². The predicted octanol–water partition coefficient (Wildman–Crippen LogP) is 3.79. The van der Waals surface area contributed by atoms with Gasteiger partial charge in [-0.3, -0.25) is 19.2 Å². The van der Waals surface area contributed by atoms with E-state index in [4.69, 9.17) is 11.6 Å². The number of hydrogen-bond acceptors (Lipinski definition) is 5. The van der Waals surface area contributed by atoms with Crippen LogP contribution in [0, 0.1) is 10.8 Å². The number of nitrogens with zero attached hydrogens (tertiary/aromatic N) is 1. The Hall–Kier alpha value is -2.83. The van der Waals surface area contributed by atoms with Crippen molar-refractivity contribution in [3.05, 3.63) is 22.8 Å². The minimum Gasteiger partial charge on any atom is -0.347 e. The van der Waals surface area contributed by atoms with Crippen molar-refractivity contribution in [3.63, 3.8) is 0 Å². The van der Waals surface area contributed by atoms with Crippen LogP contribution in [-0.4, -0.2) is 52.7 Å². The summed E-state index contributed by atoms with van der Waals surface area (Å²) < 4.78 is 66.4. The lowest BCUT2D eigenvalue weighted by Gasteiger charge is -2.68. The van der Waals surface area contributed by atoms with E-state index in [-0.39, 0.29) is 41.7 Å². The van der Waals surface area contributed by atoms with Gasteiger partial charge in [0.1, 0.15) is 5.82 Å². The Labute approximate surface area is 213 Å². The zero-order chi connectivity index (χ0) is 27.4. The van der Waals surface area contributed by atoms with Crippen LogP contribution in [0.4, 0.5) is 27.8 Å². The SMILES string of the molecule is CC(F)(F)CC[C@H](NC(=O)c1cc(Cl)cnc1NC(=O)C12CC(C(F)(F)F)(C1)C2)C(=O)C(=O)NC1CC1. The van der Waals surface area contributed by atoms with Crippen molar-refractivity contribution in [1.82, 2.24) is 15.6 Å². The topological polar surface area (TPSA) is 117 Å². The number of nitrogens with one attached hydrogen (secondary N) is 3. The van der Waals surface area contributed by atoms with Gasteiger partial charge >= 0.3 is 6.18 Å². The van der Waals surface area contributed by atoms with Crippen LogP contribution in [0.2, 0.25) is 5.02 Å². The molecule has 1 aromatic rings. The molecule has 0 radical (unpaired) electrons. The fourth-order valence-corrected chi connectivity index (χ4v) is 4.98. The summed E-state index contributed by atoms with van der Waals surface area (Å²) in [5, 5.41) is 7.00. The molecule has 1 heterocycles. The van der Waals surface area contributed by atoms with E-state index >= 15 is 0 Å². The number of halogens is 6. The molecule has 1 aromatic heterocycles. The third-order valence-corrected chi connectivity index (χ3v) is 7.28. The molecular formula is C23H24ClF5N4O4. The summed E-state index contributed by atoms with van der Waals surface area (Å²) in [4.78, 5) is 54.5. The van der Waals surface area contributed by atoms with E-state index in [2.05, 4.69) is 20.9 Å². The van der Waals surface area contributed by atoms with Crippen LogP contribution in [-0.2, 0) is 14.4 Å². The maximum atomic E-state index is 13.5. The highest BCUT2D eigenvalue weighted by Crippen LogP contribution is 2.78. The van der Waals surface area contributed by atoms with Crippen molar-refractivity contribution in [2.75, 3.05) is 5.32 Å². The minimum absolute atomic E-state index is 0.0425. The summed E-state index contributed by atoms with van der Waals surface area (Å²) in [7, 11) is 0. The third-order valence-electron chi connectivity index (χ3n) is 7.07. The molecule has 4 aliphatic carbocycles. The number of alkyl halides is 5. The fraction of sp³-hybridized carbons (Fsp3) is 0.609. The van der Waals surface area contributed by atoms with Crippen LogP contribution in [0.5, 0.6) is 0 Å². The smallest absolute Gasteiger partial charge is 0.347 e. The summed E-state index contributed by atoms with van der Waals surface area (Å²) >= 11 is 5.93. The molecular weight excluding hydrogens is 527 g/mol. The van der Waals surface area contributed by atoms with Gasteiger partial charge in [-0.15, -0.1) is 0 Å². The zero-order valence-corrected chi connectivity index (χ0v) is 20.4. The summed E-state index contributed by atoms with van der Waals surface area (Å²) in [5.74, 6) is -7.42. The van der Waals surface area contributed by atoms with Crippen LogP contribution < -0.4 is 16.0 Å². The molecule has 4 aliphatic rings. The quantitative estimate of drug-likeness (QED) is 0.303. The molecule has 1 atom stereocenters. The van der Waals surface area contributed by atoms with Crippen molar-refractivity contribution >= 4 is 40.9 Å². The molecule has 0 saturated heterocycles. The highest BCUT2D eigenvalue weighted by atomic mass is 35.5. The van der Waals surface area contributed by atoms with E-state index < -0.39 is 65.3 Å². The van der Waals surface area contributed by atoms with Crippen molar-refractivity contribution in [3.8, 4) is 0 Å². The fourth-order valence-electron chi connectivity index (χ4n) is 4.83. The molecule has 5 rings (SSSR count). The van der Waals surface area contributed by atoms with Crippen LogP contribution >= 0.6 is 11.6 Å². The lowest BCUT2D eigenvalue weighted by Crippen LogP contribution is -2.71. The standard InChI is InChI=1S/C23H24ClF5N4O4/c1-20(25,26)5-4-14(15(34)18(36)31-12-2-3-12)32-17(35)13-6-11(24)7-30-16(13)33-19(37)21-8-22(9-21,10-21)23(27,28)29/h6-7,12,14H,2-5,8-10H2,1H3,(H,31,36)(H,32,35)(H,30,33,37)/t14-,21?,22?/m0/s1. The Balaban J connectivity index is 1.48. The number of carbonyl (C=O) groups excluding carboxylic acids is 4. The Kier molecular flexibility index (Phi) is 6.75. The second-order valence-corrected chi connectivity index (χ2v) is 10.8. The van der Waals surface area contributed by atoms with Crippen LogP contribution in [0.25, 0.3) is 0 Å². The lowest BCUT2D eigenvalue weighted by atomic mass is 9.34. The number of carbonyl (C=O) groups is 4. The highest BCUT2D eigenvalue weighted by Gasteiger charge is 2.80. The van der Waals surface area contributed by atoms with Gasteiger partial charge in [0, 0.05) is 18.7 Å². The van der Waals surface area contributed by atoms with Gasteiger partial charge < -0.3 is 16.0 Å². The average Bonchev–Trinajstić information content (AvgIpc) is 3.51. The van der Waals surface area contributed by atoms with Crippen LogP contribution in [0.3, 0.4) is 0 Å². The van der Waals surface area contributed by atoms with Gasteiger partial charge in [0.05, 0.1) is 27.5 Å². The van der Waals surface area contributed by atoms with Gasteiger partial charge in [0.15, 0.2) is 0 Å². The zero-order valence-electron chi connectivity index (χ0n) is 19.6. The van der Waals surface area contributed by atoms with E-state index in [0.29, 0.717) is 19.8 Å². The second-order valence-electron chi connectivity index (χ2n) is 10.3. The average molecular weight is 551 g/mol.